The van der Waals surface area contributed by atoms with E-state index in [9.17, 15) is 14.4 Å². The van der Waals surface area contributed by atoms with Gasteiger partial charge in [0.1, 0.15) is 0 Å². The Kier molecular flexibility index (Phi) is 4.49. The van der Waals surface area contributed by atoms with Crippen LogP contribution in [0.3, 0.4) is 0 Å². The molecule has 1 saturated heterocycles. The zero-order valence-electron chi connectivity index (χ0n) is 10.6. The van der Waals surface area contributed by atoms with Gasteiger partial charge in [0.05, 0.1) is 10.8 Å². The van der Waals surface area contributed by atoms with Gasteiger partial charge in [0.2, 0.25) is 11.8 Å². The topological polar surface area (TPSA) is 74.7 Å². The molecule has 1 atom stereocenters. The minimum atomic E-state index is -1.05. The van der Waals surface area contributed by atoms with E-state index in [0.717, 1.165) is 16.2 Å². The van der Waals surface area contributed by atoms with E-state index < -0.39 is 11.2 Å². The Balaban J connectivity index is 2.27. The molecule has 0 bridgehead atoms. The zero-order valence-corrected chi connectivity index (χ0v) is 13.0. The molecule has 0 aliphatic carbocycles. The molecule has 20 heavy (non-hydrogen) atoms. The molecular formula is C13H12BrNO4S. The summed E-state index contributed by atoms with van der Waals surface area (Å²) in [7, 11) is 0. The van der Waals surface area contributed by atoms with Crippen molar-refractivity contribution in [3.05, 3.63) is 28.2 Å². The van der Waals surface area contributed by atoms with E-state index in [2.05, 4.69) is 15.9 Å². The van der Waals surface area contributed by atoms with Crippen LogP contribution in [-0.4, -0.2) is 39.6 Å². The Morgan fingerprint density at radius 1 is 1.50 bits per heavy atom. The first-order valence-corrected chi connectivity index (χ1v) is 7.65. The smallest absolute Gasteiger partial charge is 0.336 e. The van der Waals surface area contributed by atoms with Crippen LogP contribution in [0.5, 0.6) is 0 Å². The number of nitrogens with zero attached hydrogens (tertiary/aromatic N) is 1. The third kappa shape index (κ3) is 2.88. The number of aromatic carboxylic acids is 1. The highest BCUT2D eigenvalue weighted by molar-refractivity contribution is 9.10. The van der Waals surface area contributed by atoms with Crippen LogP contribution in [0, 0.1) is 0 Å². The van der Waals surface area contributed by atoms with Gasteiger partial charge in [-0.1, -0.05) is 15.9 Å². The van der Waals surface area contributed by atoms with Gasteiger partial charge in [0.25, 0.3) is 0 Å². The third-order valence-corrected chi connectivity index (χ3v) is 4.70. The lowest BCUT2D eigenvalue weighted by Crippen LogP contribution is -2.30. The molecule has 0 radical (unpaired) electrons. The second-order valence-corrected chi connectivity index (χ2v) is 6.39. The van der Waals surface area contributed by atoms with Crippen LogP contribution in [0.25, 0.3) is 0 Å². The average Bonchev–Trinajstić information content (AvgIpc) is 2.63. The number of benzene rings is 1. The first-order valence-electron chi connectivity index (χ1n) is 5.97. The Hall–Kier alpha value is -1.34. The van der Waals surface area contributed by atoms with Crippen molar-refractivity contribution in [2.45, 2.75) is 23.5 Å². The molecule has 1 aliphatic heterocycles. The van der Waals surface area contributed by atoms with E-state index >= 15 is 0 Å². The van der Waals surface area contributed by atoms with E-state index in [0.29, 0.717) is 11.4 Å². The van der Waals surface area contributed by atoms with Gasteiger partial charge in [-0.3, -0.25) is 14.5 Å². The van der Waals surface area contributed by atoms with E-state index in [1.54, 1.807) is 19.1 Å². The molecule has 7 heteroatoms. The maximum atomic E-state index is 12.0. The quantitative estimate of drug-likeness (QED) is 0.837. The molecule has 1 unspecified atom stereocenters. The van der Waals surface area contributed by atoms with Crippen molar-refractivity contribution in [1.29, 1.82) is 0 Å². The normalized spacial score (nSPS) is 18.7. The number of thioether (sulfide) groups is 1. The first-order chi connectivity index (χ1) is 9.43. The lowest BCUT2D eigenvalue weighted by molar-refractivity contribution is -0.137. The number of carbonyl (C=O) groups excluding carboxylic acids is 2. The number of hydrogen-bond donors (Lipinski definition) is 1. The summed E-state index contributed by atoms with van der Waals surface area (Å²) in [6, 6.07) is 4.77. The number of carboxylic acids is 1. The van der Waals surface area contributed by atoms with Gasteiger partial charge in [0.15, 0.2) is 0 Å². The number of likely N-dealkylation sites (tertiary alicyclic amines) is 1. The second kappa shape index (κ2) is 5.97. The fourth-order valence-electron chi connectivity index (χ4n) is 2.00. The monoisotopic (exact) mass is 357 g/mol. The molecule has 1 heterocycles. The highest BCUT2D eigenvalue weighted by Gasteiger charge is 2.38. The summed E-state index contributed by atoms with van der Waals surface area (Å²) >= 11 is 4.41. The summed E-state index contributed by atoms with van der Waals surface area (Å²) in [5.74, 6) is -1.51. The fourth-order valence-corrected chi connectivity index (χ4v) is 3.75. The van der Waals surface area contributed by atoms with Crippen molar-refractivity contribution in [2.24, 2.45) is 0 Å². The number of imide groups is 1. The first kappa shape index (κ1) is 15.1. The van der Waals surface area contributed by atoms with Gasteiger partial charge in [-0.2, -0.15) is 0 Å². The van der Waals surface area contributed by atoms with Gasteiger partial charge in [-0.25, -0.2) is 4.79 Å². The third-order valence-electron chi connectivity index (χ3n) is 2.96. The minimum Gasteiger partial charge on any atom is -0.478 e. The number of amides is 2. The largest absolute Gasteiger partial charge is 0.478 e. The molecule has 1 fully saturated rings. The van der Waals surface area contributed by atoms with Crippen LogP contribution in [0.15, 0.2) is 27.6 Å². The average molecular weight is 358 g/mol. The van der Waals surface area contributed by atoms with Crippen molar-refractivity contribution in [3.8, 4) is 0 Å². The Morgan fingerprint density at radius 3 is 2.75 bits per heavy atom. The molecule has 1 aliphatic rings. The van der Waals surface area contributed by atoms with Gasteiger partial charge in [-0.15, -0.1) is 11.8 Å². The summed E-state index contributed by atoms with van der Waals surface area (Å²) in [5.41, 5.74) is 0.133. The highest BCUT2D eigenvalue weighted by Crippen LogP contribution is 2.34. The molecule has 0 spiro atoms. The predicted molar refractivity (Wildman–Crippen MR) is 77.8 cm³/mol. The Bertz CT molecular complexity index is 590. The molecule has 2 rings (SSSR count). The van der Waals surface area contributed by atoms with Crippen molar-refractivity contribution in [3.63, 3.8) is 0 Å². The van der Waals surface area contributed by atoms with Crippen molar-refractivity contribution in [2.75, 3.05) is 6.54 Å². The maximum absolute atomic E-state index is 12.0. The zero-order chi connectivity index (χ0) is 14.9. The Labute approximate surface area is 128 Å². The van der Waals surface area contributed by atoms with Crippen LogP contribution >= 0.6 is 27.7 Å². The van der Waals surface area contributed by atoms with Crippen LogP contribution < -0.4 is 0 Å². The van der Waals surface area contributed by atoms with Crippen LogP contribution in [0.2, 0.25) is 0 Å². The van der Waals surface area contributed by atoms with E-state index in [-0.39, 0.29) is 23.8 Å². The minimum absolute atomic E-state index is 0.114. The summed E-state index contributed by atoms with van der Waals surface area (Å²) in [4.78, 5) is 36.6. The molecule has 5 nitrogen and oxygen atoms in total. The molecule has 0 saturated carbocycles. The molecule has 0 aromatic heterocycles. The summed E-state index contributed by atoms with van der Waals surface area (Å²) in [6.45, 7) is 2.09. The van der Waals surface area contributed by atoms with E-state index in [1.165, 1.54) is 11.0 Å². The number of rotatable bonds is 4. The standard InChI is InChI=1S/C13H12BrNO4S/c1-2-15-11(16)6-10(12(15)17)20-9-5-7(14)3-4-8(9)13(18)19/h3-5,10H,2,6H2,1H3,(H,18,19). The molecule has 106 valence electrons. The summed E-state index contributed by atoms with van der Waals surface area (Å²) in [6.07, 6.45) is 0.114. The van der Waals surface area contributed by atoms with Crippen LogP contribution in [-0.2, 0) is 9.59 Å². The predicted octanol–water partition coefficient (Wildman–Crippen LogP) is 2.39. The Morgan fingerprint density at radius 2 is 2.20 bits per heavy atom. The van der Waals surface area contributed by atoms with Gasteiger partial charge in [-0.05, 0) is 25.1 Å². The highest BCUT2D eigenvalue weighted by atomic mass is 79.9. The van der Waals surface area contributed by atoms with Crippen LogP contribution in [0.4, 0.5) is 0 Å². The lowest BCUT2D eigenvalue weighted by atomic mass is 10.2. The second-order valence-electron chi connectivity index (χ2n) is 4.23. The van der Waals surface area contributed by atoms with E-state index in [4.69, 9.17) is 5.11 Å². The summed E-state index contributed by atoms with van der Waals surface area (Å²) < 4.78 is 0.731. The van der Waals surface area contributed by atoms with Gasteiger partial charge >= 0.3 is 5.97 Å². The molecule has 1 aromatic rings. The van der Waals surface area contributed by atoms with Crippen LogP contribution in [0.1, 0.15) is 23.7 Å². The summed E-state index contributed by atoms with van der Waals surface area (Å²) in [5, 5.41) is 8.61. The number of carbonyl (C=O) groups is 3. The SMILES string of the molecule is CCN1C(=O)CC(Sc2cc(Br)ccc2C(=O)O)C1=O. The molecular weight excluding hydrogens is 346 g/mol. The van der Waals surface area contributed by atoms with E-state index in [1.807, 2.05) is 0 Å². The number of carboxylic acid groups (broad SMARTS) is 1. The lowest BCUT2D eigenvalue weighted by Gasteiger charge is -2.12. The van der Waals surface area contributed by atoms with Gasteiger partial charge in [0, 0.05) is 22.3 Å². The maximum Gasteiger partial charge on any atom is 0.336 e. The number of hydrogen-bond acceptors (Lipinski definition) is 4. The molecule has 1 aromatic carbocycles. The van der Waals surface area contributed by atoms with Crippen molar-refractivity contribution in [1.82, 2.24) is 4.90 Å². The van der Waals surface area contributed by atoms with Crippen molar-refractivity contribution >= 4 is 45.5 Å². The molecule has 1 N–H and O–H groups in total. The van der Waals surface area contributed by atoms with Gasteiger partial charge < -0.3 is 5.11 Å². The molecule has 2 amide bonds. The number of halogens is 1. The van der Waals surface area contributed by atoms with Crippen molar-refractivity contribution < 1.29 is 19.5 Å². The fraction of sp³-hybridized carbons (Fsp3) is 0.308.